The van der Waals surface area contributed by atoms with Gasteiger partial charge in [0.05, 0.1) is 6.61 Å². The molecule has 3 aromatic rings. The molecule has 2 aromatic carbocycles. The van der Waals surface area contributed by atoms with Crippen molar-refractivity contribution in [2.45, 2.75) is 25.7 Å². The van der Waals surface area contributed by atoms with Gasteiger partial charge in [0.2, 0.25) is 11.7 Å². The minimum Gasteiger partial charge on any atom is -0.494 e. The average Bonchev–Trinajstić information content (AvgIpc) is 3.21. The van der Waals surface area contributed by atoms with Crippen LogP contribution in [0.1, 0.15) is 25.7 Å². The number of carbonyl (C=O) groups is 1. The highest BCUT2D eigenvalue weighted by molar-refractivity contribution is 6.30. The van der Waals surface area contributed by atoms with E-state index in [0.717, 1.165) is 29.7 Å². The van der Waals surface area contributed by atoms with Gasteiger partial charge in [0.25, 0.3) is 5.89 Å². The number of unbranched alkanes of at least 4 members (excludes halogenated alkanes) is 2. The van der Waals surface area contributed by atoms with Crippen LogP contribution >= 0.6 is 11.6 Å². The van der Waals surface area contributed by atoms with Gasteiger partial charge in [0, 0.05) is 22.6 Å². The molecule has 0 radical (unpaired) electrons. The van der Waals surface area contributed by atoms with Crippen molar-refractivity contribution < 1.29 is 19.3 Å². The first kappa shape index (κ1) is 19.9. The highest BCUT2D eigenvalue weighted by Gasteiger charge is 2.10. The van der Waals surface area contributed by atoms with Crippen LogP contribution in [0, 0.1) is 0 Å². The molecular formula is C20H20ClN3O4. The summed E-state index contributed by atoms with van der Waals surface area (Å²) >= 11 is 5.89. The van der Waals surface area contributed by atoms with Crippen molar-refractivity contribution in [1.82, 2.24) is 15.6 Å². The Hall–Kier alpha value is -2.90. The van der Waals surface area contributed by atoms with Crippen molar-refractivity contribution in [2.75, 3.05) is 6.61 Å². The molecule has 0 saturated heterocycles. The molecule has 1 aromatic heterocycles. The number of nitrogens with zero attached hydrogens (tertiary/aromatic N) is 2. The van der Waals surface area contributed by atoms with Crippen molar-refractivity contribution in [2.24, 2.45) is 0 Å². The lowest BCUT2D eigenvalue weighted by Gasteiger charge is -2.06. The minimum absolute atomic E-state index is 0.313. The zero-order chi connectivity index (χ0) is 19.8. The average molecular weight is 402 g/mol. The monoisotopic (exact) mass is 401 g/mol. The summed E-state index contributed by atoms with van der Waals surface area (Å²) in [5.41, 5.74) is 3.25. The van der Waals surface area contributed by atoms with Gasteiger partial charge in [-0.25, -0.2) is 5.48 Å². The molecule has 1 amide bonds. The maximum atomic E-state index is 10.9. The van der Waals surface area contributed by atoms with Gasteiger partial charge in [0.15, 0.2) is 0 Å². The highest BCUT2D eigenvalue weighted by Crippen LogP contribution is 2.25. The largest absolute Gasteiger partial charge is 0.494 e. The van der Waals surface area contributed by atoms with E-state index in [1.165, 1.54) is 0 Å². The molecule has 28 heavy (non-hydrogen) atoms. The van der Waals surface area contributed by atoms with Crippen molar-refractivity contribution in [3.8, 4) is 28.6 Å². The van der Waals surface area contributed by atoms with E-state index in [4.69, 9.17) is 26.1 Å². The number of benzene rings is 2. The number of amides is 1. The molecule has 8 heteroatoms. The molecule has 0 saturated carbocycles. The molecule has 146 valence electrons. The number of aromatic nitrogens is 2. The molecule has 1 heterocycles. The Bertz CT molecular complexity index is 895. The first-order chi connectivity index (χ1) is 13.7. The molecule has 3 rings (SSSR count). The van der Waals surface area contributed by atoms with E-state index in [2.05, 4.69) is 10.1 Å². The molecule has 0 fully saturated rings. The number of nitrogens with one attached hydrogen (secondary N) is 1. The summed E-state index contributed by atoms with van der Waals surface area (Å²) in [5.74, 6) is 1.31. The maximum absolute atomic E-state index is 10.9. The number of hydrogen-bond acceptors (Lipinski definition) is 6. The normalized spacial score (nSPS) is 10.6. The second-order valence-electron chi connectivity index (χ2n) is 6.15. The fourth-order valence-electron chi connectivity index (χ4n) is 2.56. The molecule has 0 bridgehead atoms. The molecule has 0 aliphatic rings. The molecular weight excluding hydrogens is 382 g/mol. The molecule has 0 atom stereocenters. The van der Waals surface area contributed by atoms with E-state index in [1.54, 1.807) is 17.6 Å². The van der Waals surface area contributed by atoms with Crippen molar-refractivity contribution in [3.05, 3.63) is 53.6 Å². The quantitative estimate of drug-likeness (QED) is 0.311. The summed E-state index contributed by atoms with van der Waals surface area (Å²) in [6.45, 7) is 0.557. The Labute approximate surface area is 167 Å². The Balaban J connectivity index is 1.49. The van der Waals surface area contributed by atoms with Crippen LogP contribution in [0.3, 0.4) is 0 Å². The lowest BCUT2D eigenvalue weighted by atomic mass is 10.2. The van der Waals surface area contributed by atoms with Crippen LogP contribution in [0.4, 0.5) is 0 Å². The molecule has 0 aliphatic carbocycles. The smallest absolute Gasteiger partial charge is 0.258 e. The molecule has 0 spiro atoms. The Morgan fingerprint density at radius 3 is 2.46 bits per heavy atom. The lowest BCUT2D eigenvalue weighted by Crippen LogP contribution is -2.17. The van der Waals surface area contributed by atoms with E-state index in [1.807, 2.05) is 36.4 Å². The summed E-state index contributed by atoms with van der Waals surface area (Å²) in [4.78, 5) is 15.3. The van der Waals surface area contributed by atoms with Crippen LogP contribution in [-0.4, -0.2) is 27.9 Å². The zero-order valence-corrected chi connectivity index (χ0v) is 15.9. The van der Waals surface area contributed by atoms with Gasteiger partial charge < -0.3 is 9.26 Å². The maximum Gasteiger partial charge on any atom is 0.258 e. The standard InChI is InChI=1S/C20H20ClN3O4/c21-16-9-5-14(6-10-16)19-22-20(28-24-19)15-7-11-17(12-8-15)27-13-3-1-2-4-18(25)23-26/h5-12,26H,1-4,13H2,(H,23,25). The number of rotatable bonds is 9. The SMILES string of the molecule is O=C(CCCCCOc1ccc(-c2nc(-c3ccc(Cl)cc3)no2)cc1)NO. The first-order valence-electron chi connectivity index (χ1n) is 8.91. The predicted molar refractivity (Wildman–Crippen MR) is 104 cm³/mol. The molecule has 7 nitrogen and oxygen atoms in total. The number of carbonyl (C=O) groups excluding carboxylic acids is 1. The van der Waals surface area contributed by atoms with E-state index in [0.29, 0.717) is 36.2 Å². The Morgan fingerprint density at radius 2 is 1.75 bits per heavy atom. The third-order valence-electron chi connectivity index (χ3n) is 4.07. The van der Waals surface area contributed by atoms with E-state index < -0.39 is 0 Å². The van der Waals surface area contributed by atoms with Gasteiger partial charge >= 0.3 is 0 Å². The molecule has 2 N–H and O–H groups in total. The molecule has 0 unspecified atom stereocenters. The highest BCUT2D eigenvalue weighted by atomic mass is 35.5. The molecule has 0 aliphatic heterocycles. The number of hydroxylamine groups is 1. The van der Waals surface area contributed by atoms with Crippen LogP contribution in [0.5, 0.6) is 5.75 Å². The summed E-state index contributed by atoms with van der Waals surface area (Å²) in [6, 6.07) is 14.6. The third-order valence-corrected chi connectivity index (χ3v) is 4.32. The van der Waals surface area contributed by atoms with Crippen molar-refractivity contribution in [1.29, 1.82) is 0 Å². The van der Waals surface area contributed by atoms with Crippen molar-refractivity contribution >= 4 is 17.5 Å². The third kappa shape index (κ3) is 5.55. The summed E-state index contributed by atoms with van der Waals surface area (Å²) in [7, 11) is 0. The van der Waals surface area contributed by atoms with Gasteiger partial charge in [0.1, 0.15) is 5.75 Å². The fraction of sp³-hybridized carbons (Fsp3) is 0.250. The number of hydrogen-bond donors (Lipinski definition) is 2. The van der Waals surface area contributed by atoms with Gasteiger partial charge in [-0.05, 0) is 67.8 Å². The minimum atomic E-state index is -0.364. The zero-order valence-electron chi connectivity index (χ0n) is 15.1. The van der Waals surface area contributed by atoms with Gasteiger partial charge in [-0.15, -0.1) is 0 Å². The summed E-state index contributed by atoms with van der Waals surface area (Å²) in [5, 5.41) is 13.1. The van der Waals surface area contributed by atoms with E-state index in [-0.39, 0.29) is 5.91 Å². The first-order valence-corrected chi connectivity index (χ1v) is 9.29. The van der Waals surface area contributed by atoms with E-state index >= 15 is 0 Å². The van der Waals surface area contributed by atoms with E-state index in [9.17, 15) is 4.79 Å². The van der Waals surface area contributed by atoms with Gasteiger partial charge in [-0.2, -0.15) is 4.98 Å². The van der Waals surface area contributed by atoms with Gasteiger partial charge in [-0.1, -0.05) is 16.8 Å². The van der Waals surface area contributed by atoms with Crippen LogP contribution in [0.25, 0.3) is 22.8 Å². The lowest BCUT2D eigenvalue weighted by molar-refractivity contribution is -0.129. The van der Waals surface area contributed by atoms with Crippen molar-refractivity contribution in [3.63, 3.8) is 0 Å². The predicted octanol–water partition coefficient (Wildman–Crippen LogP) is 4.50. The number of halogens is 1. The van der Waals surface area contributed by atoms with Crippen LogP contribution < -0.4 is 10.2 Å². The topological polar surface area (TPSA) is 97.5 Å². The summed E-state index contributed by atoms with van der Waals surface area (Å²) in [6.07, 6.45) is 2.70. The van der Waals surface area contributed by atoms with Crippen LogP contribution in [0.15, 0.2) is 53.1 Å². The second kappa shape index (κ2) is 9.87. The van der Waals surface area contributed by atoms with Crippen LogP contribution in [-0.2, 0) is 4.79 Å². The Kier molecular flexibility index (Phi) is 7.00. The summed E-state index contributed by atoms with van der Waals surface area (Å²) < 4.78 is 11.0. The Morgan fingerprint density at radius 1 is 1.04 bits per heavy atom. The number of ether oxygens (including phenoxy) is 1. The second-order valence-corrected chi connectivity index (χ2v) is 6.58. The fourth-order valence-corrected chi connectivity index (χ4v) is 2.69. The van der Waals surface area contributed by atoms with Gasteiger partial charge in [-0.3, -0.25) is 10.0 Å². The van der Waals surface area contributed by atoms with Crippen LogP contribution in [0.2, 0.25) is 5.02 Å².